The predicted octanol–water partition coefficient (Wildman–Crippen LogP) is 1.03. The van der Waals surface area contributed by atoms with Crippen molar-refractivity contribution in [3.05, 3.63) is 23.0 Å². The van der Waals surface area contributed by atoms with Crippen LogP contribution in [0.25, 0.3) is 0 Å². The third-order valence-electron chi connectivity index (χ3n) is 2.83. The van der Waals surface area contributed by atoms with Crippen molar-refractivity contribution in [2.75, 3.05) is 18.7 Å². The lowest BCUT2D eigenvalue weighted by Crippen LogP contribution is -2.41. The Kier molecular flexibility index (Phi) is 3.27. The monoisotopic (exact) mass is 251 g/mol. The summed E-state index contributed by atoms with van der Waals surface area (Å²) in [5, 5.41) is 2.69. The van der Waals surface area contributed by atoms with Gasteiger partial charge in [0.25, 0.3) is 5.91 Å². The SMILES string of the molecule is CCOC(=O)c1cn2c(c1C(C)C)C(=O)NCN2. The molecule has 0 spiro atoms. The normalized spacial score (nSPS) is 13.9. The van der Waals surface area contributed by atoms with E-state index in [1.807, 2.05) is 13.8 Å². The van der Waals surface area contributed by atoms with Gasteiger partial charge in [0.05, 0.1) is 12.2 Å². The number of rotatable bonds is 3. The summed E-state index contributed by atoms with van der Waals surface area (Å²) in [6.45, 7) is 6.31. The van der Waals surface area contributed by atoms with E-state index in [0.717, 1.165) is 5.56 Å². The maximum absolute atomic E-state index is 11.9. The quantitative estimate of drug-likeness (QED) is 0.787. The highest BCUT2D eigenvalue weighted by molar-refractivity contribution is 6.01. The molecule has 98 valence electrons. The first-order chi connectivity index (χ1) is 8.56. The average Bonchev–Trinajstić information content (AvgIpc) is 2.70. The van der Waals surface area contributed by atoms with E-state index >= 15 is 0 Å². The van der Waals surface area contributed by atoms with Gasteiger partial charge in [0.2, 0.25) is 0 Å². The molecule has 1 aliphatic heterocycles. The van der Waals surface area contributed by atoms with E-state index in [-0.39, 0.29) is 11.8 Å². The van der Waals surface area contributed by atoms with Crippen molar-refractivity contribution in [2.45, 2.75) is 26.7 Å². The molecule has 1 aliphatic rings. The van der Waals surface area contributed by atoms with Crippen LogP contribution in [0, 0.1) is 0 Å². The van der Waals surface area contributed by atoms with E-state index in [0.29, 0.717) is 24.5 Å². The molecule has 0 bridgehead atoms. The van der Waals surface area contributed by atoms with E-state index in [4.69, 9.17) is 4.74 Å². The van der Waals surface area contributed by atoms with Crippen LogP contribution in [0.2, 0.25) is 0 Å². The fraction of sp³-hybridized carbons (Fsp3) is 0.500. The highest BCUT2D eigenvalue weighted by Gasteiger charge is 2.29. The molecule has 0 fully saturated rings. The number of hydrogen-bond donors (Lipinski definition) is 2. The molecule has 2 rings (SSSR count). The first-order valence-corrected chi connectivity index (χ1v) is 6.00. The summed E-state index contributed by atoms with van der Waals surface area (Å²) >= 11 is 0. The maximum Gasteiger partial charge on any atom is 0.340 e. The summed E-state index contributed by atoms with van der Waals surface area (Å²) in [5.74, 6) is -0.503. The summed E-state index contributed by atoms with van der Waals surface area (Å²) in [6.07, 6.45) is 1.63. The van der Waals surface area contributed by atoms with Gasteiger partial charge in [0, 0.05) is 11.8 Å². The lowest BCUT2D eigenvalue weighted by molar-refractivity contribution is 0.0524. The van der Waals surface area contributed by atoms with Crippen LogP contribution in [-0.4, -0.2) is 29.8 Å². The van der Waals surface area contributed by atoms with Crippen LogP contribution in [0.15, 0.2) is 6.20 Å². The Balaban J connectivity index is 2.53. The van der Waals surface area contributed by atoms with E-state index in [9.17, 15) is 9.59 Å². The smallest absolute Gasteiger partial charge is 0.340 e. The third kappa shape index (κ3) is 1.94. The number of aromatic nitrogens is 1. The van der Waals surface area contributed by atoms with Crippen LogP contribution in [0.4, 0.5) is 0 Å². The number of nitrogens with zero attached hydrogens (tertiary/aromatic N) is 1. The van der Waals surface area contributed by atoms with Crippen LogP contribution in [0.5, 0.6) is 0 Å². The van der Waals surface area contributed by atoms with Crippen molar-refractivity contribution in [2.24, 2.45) is 0 Å². The highest BCUT2D eigenvalue weighted by Crippen LogP contribution is 2.27. The average molecular weight is 251 g/mol. The lowest BCUT2D eigenvalue weighted by Gasteiger charge is -2.19. The molecule has 18 heavy (non-hydrogen) atoms. The topological polar surface area (TPSA) is 72.4 Å². The Morgan fingerprint density at radius 1 is 1.56 bits per heavy atom. The van der Waals surface area contributed by atoms with Crippen LogP contribution in [0.1, 0.15) is 53.1 Å². The first kappa shape index (κ1) is 12.5. The molecule has 2 N–H and O–H groups in total. The molecular formula is C12H17N3O3. The minimum Gasteiger partial charge on any atom is -0.462 e. The number of nitrogens with one attached hydrogen (secondary N) is 2. The molecule has 6 nitrogen and oxygen atoms in total. The van der Waals surface area contributed by atoms with Crippen molar-refractivity contribution < 1.29 is 14.3 Å². The zero-order valence-electron chi connectivity index (χ0n) is 10.7. The molecule has 0 saturated heterocycles. The Morgan fingerprint density at radius 3 is 2.89 bits per heavy atom. The molecule has 1 amide bonds. The van der Waals surface area contributed by atoms with Crippen LogP contribution >= 0.6 is 0 Å². The number of fused-ring (bicyclic) bond motifs is 1. The second-order valence-electron chi connectivity index (χ2n) is 4.39. The van der Waals surface area contributed by atoms with Crippen LogP contribution < -0.4 is 10.7 Å². The zero-order valence-corrected chi connectivity index (χ0v) is 10.7. The molecular weight excluding hydrogens is 234 g/mol. The van der Waals surface area contributed by atoms with Gasteiger partial charge >= 0.3 is 5.97 Å². The Hall–Kier alpha value is -1.98. The van der Waals surface area contributed by atoms with Crippen molar-refractivity contribution in [1.29, 1.82) is 0 Å². The number of ether oxygens (including phenoxy) is 1. The van der Waals surface area contributed by atoms with Crippen molar-refractivity contribution in [1.82, 2.24) is 9.99 Å². The van der Waals surface area contributed by atoms with E-state index in [1.165, 1.54) is 0 Å². The molecule has 0 aromatic carbocycles. The highest BCUT2D eigenvalue weighted by atomic mass is 16.5. The van der Waals surface area contributed by atoms with Gasteiger partial charge in [-0.2, -0.15) is 0 Å². The molecule has 0 atom stereocenters. The zero-order chi connectivity index (χ0) is 13.3. The minimum atomic E-state index is -0.391. The molecule has 2 heterocycles. The first-order valence-electron chi connectivity index (χ1n) is 6.00. The van der Waals surface area contributed by atoms with Gasteiger partial charge in [-0.3, -0.25) is 9.47 Å². The van der Waals surface area contributed by atoms with Gasteiger partial charge in [0.15, 0.2) is 0 Å². The summed E-state index contributed by atoms with van der Waals surface area (Å²) in [4.78, 5) is 23.8. The van der Waals surface area contributed by atoms with Crippen molar-refractivity contribution in [3.8, 4) is 0 Å². The minimum absolute atomic E-state index is 0.0614. The molecule has 0 aliphatic carbocycles. The Morgan fingerprint density at radius 2 is 2.28 bits per heavy atom. The number of amides is 1. The maximum atomic E-state index is 11.9. The molecule has 0 unspecified atom stereocenters. The standard InChI is InChI=1S/C12H17N3O3/c1-4-18-12(17)8-5-15-10(9(8)7(2)3)11(16)13-6-14-15/h5,7,14H,4,6H2,1-3H3,(H,13,16). The fourth-order valence-electron chi connectivity index (χ4n) is 2.12. The molecule has 0 radical (unpaired) electrons. The Labute approximate surface area is 105 Å². The van der Waals surface area contributed by atoms with Gasteiger partial charge in [-0.25, -0.2) is 4.79 Å². The number of hydrogen-bond acceptors (Lipinski definition) is 4. The summed E-state index contributed by atoms with van der Waals surface area (Å²) in [5.41, 5.74) is 4.64. The van der Waals surface area contributed by atoms with Gasteiger partial charge in [-0.15, -0.1) is 0 Å². The molecule has 1 aromatic heterocycles. The summed E-state index contributed by atoms with van der Waals surface area (Å²) in [7, 11) is 0. The largest absolute Gasteiger partial charge is 0.462 e. The predicted molar refractivity (Wildman–Crippen MR) is 66.2 cm³/mol. The van der Waals surface area contributed by atoms with Gasteiger partial charge in [-0.1, -0.05) is 13.8 Å². The number of carbonyl (C=O) groups excluding carboxylic acids is 2. The van der Waals surface area contributed by atoms with E-state index < -0.39 is 5.97 Å². The van der Waals surface area contributed by atoms with Crippen LogP contribution in [0.3, 0.4) is 0 Å². The lowest BCUT2D eigenvalue weighted by atomic mass is 9.98. The summed E-state index contributed by atoms with van der Waals surface area (Å²) in [6, 6.07) is 0. The third-order valence-corrected chi connectivity index (χ3v) is 2.83. The second-order valence-corrected chi connectivity index (χ2v) is 4.39. The molecule has 0 saturated carbocycles. The number of carbonyl (C=O) groups is 2. The van der Waals surface area contributed by atoms with Gasteiger partial charge in [-0.05, 0) is 12.8 Å². The second kappa shape index (κ2) is 4.72. The fourth-order valence-corrected chi connectivity index (χ4v) is 2.12. The Bertz CT molecular complexity index is 491. The van der Waals surface area contributed by atoms with E-state index in [1.54, 1.807) is 17.8 Å². The van der Waals surface area contributed by atoms with Gasteiger partial charge < -0.3 is 15.5 Å². The number of esters is 1. The van der Waals surface area contributed by atoms with Crippen molar-refractivity contribution in [3.63, 3.8) is 0 Å². The van der Waals surface area contributed by atoms with Gasteiger partial charge in [0.1, 0.15) is 12.4 Å². The summed E-state index contributed by atoms with van der Waals surface area (Å²) < 4.78 is 6.62. The van der Waals surface area contributed by atoms with E-state index in [2.05, 4.69) is 10.7 Å². The van der Waals surface area contributed by atoms with Crippen molar-refractivity contribution >= 4 is 11.9 Å². The van der Waals surface area contributed by atoms with Crippen LogP contribution in [-0.2, 0) is 4.74 Å². The molecule has 6 heteroatoms. The molecule has 1 aromatic rings.